The molecule has 88 valence electrons. The van der Waals surface area contributed by atoms with Gasteiger partial charge in [0.15, 0.2) is 0 Å². The fourth-order valence-corrected chi connectivity index (χ4v) is 1.14. The van der Waals surface area contributed by atoms with Crippen molar-refractivity contribution < 1.29 is 19.4 Å². The highest BCUT2D eigenvalue weighted by atomic mass is 16.6. The number of carbonyl (C=O) groups is 2. The van der Waals surface area contributed by atoms with Crippen molar-refractivity contribution in [2.75, 3.05) is 19.7 Å². The highest BCUT2D eigenvalue weighted by Crippen LogP contribution is 2.02. The van der Waals surface area contributed by atoms with Crippen molar-refractivity contribution in [2.45, 2.75) is 27.2 Å². The fraction of sp³-hybridized carbons (Fsp3) is 0.800. The number of hydrogen-bond acceptors (Lipinski definition) is 3. The fourth-order valence-electron chi connectivity index (χ4n) is 1.14. The van der Waals surface area contributed by atoms with Crippen molar-refractivity contribution >= 4 is 12.1 Å². The third kappa shape index (κ3) is 6.76. The molecule has 0 radical (unpaired) electrons. The molecule has 0 atom stereocenters. The highest BCUT2D eigenvalue weighted by Gasteiger charge is 2.16. The van der Waals surface area contributed by atoms with Gasteiger partial charge in [0, 0.05) is 13.1 Å². The molecule has 0 spiro atoms. The van der Waals surface area contributed by atoms with Crippen LogP contribution in [0.5, 0.6) is 0 Å². The summed E-state index contributed by atoms with van der Waals surface area (Å²) in [4.78, 5) is 23.2. The first-order valence-corrected chi connectivity index (χ1v) is 5.10. The van der Waals surface area contributed by atoms with Gasteiger partial charge in [-0.15, -0.1) is 0 Å². The first-order valence-electron chi connectivity index (χ1n) is 5.10. The number of ether oxygens (including phenoxy) is 1. The van der Waals surface area contributed by atoms with Gasteiger partial charge in [-0.2, -0.15) is 0 Å². The molecule has 0 aliphatic heterocycles. The minimum atomic E-state index is -0.909. The van der Waals surface area contributed by atoms with Crippen molar-refractivity contribution in [3.8, 4) is 0 Å². The Bertz CT molecular complexity index is 215. The lowest BCUT2D eigenvalue weighted by Gasteiger charge is -2.22. The molecule has 5 nitrogen and oxygen atoms in total. The van der Waals surface area contributed by atoms with E-state index in [0.29, 0.717) is 19.1 Å². The standard InChI is InChI=1S/C10H19NO4/c1-4-15-10(14)11(7-8(2)3)6-5-9(12)13/h8H,4-7H2,1-3H3,(H,12,13). The number of nitrogens with zero attached hydrogens (tertiary/aromatic N) is 1. The molecule has 0 aromatic carbocycles. The largest absolute Gasteiger partial charge is 0.481 e. The molecule has 5 heteroatoms. The van der Waals surface area contributed by atoms with Gasteiger partial charge in [-0.3, -0.25) is 4.79 Å². The van der Waals surface area contributed by atoms with Crippen molar-refractivity contribution in [3.63, 3.8) is 0 Å². The molecule has 0 saturated carbocycles. The lowest BCUT2D eigenvalue weighted by molar-refractivity contribution is -0.137. The molecule has 0 aromatic rings. The number of carbonyl (C=O) groups excluding carboxylic acids is 1. The van der Waals surface area contributed by atoms with Crippen LogP contribution in [0.25, 0.3) is 0 Å². The highest BCUT2D eigenvalue weighted by molar-refractivity contribution is 5.70. The molecule has 0 aromatic heterocycles. The topological polar surface area (TPSA) is 66.8 Å². The van der Waals surface area contributed by atoms with Gasteiger partial charge < -0.3 is 14.7 Å². The lowest BCUT2D eigenvalue weighted by atomic mass is 10.2. The second-order valence-corrected chi connectivity index (χ2v) is 3.68. The van der Waals surface area contributed by atoms with Gasteiger partial charge in [0.05, 0.1) is 13.0 Å². The third-order valence-corrected chi connectivity index (χ3v) is 1.71. The van der Waals surface area contributed by atoms with Gasteiger partial charge in [-0.05, 0) is 12.8 Å². The average Bonchev–Trinajstić information content (AvgIpc) is 2.11. The maximum atomic E-state index is 11.4. The Hall–Kier alpha value is -1.26. The second-order valence-electron chi connectivity index (χ2n) is 3.68. The van der Waals surface area contributed by atoms with Gasteiger partial charge >= 0.3 is 12.1 Å². The summed E-state index contributed by atoms with van der Waals surface area (Å²) in [5.41, 5.74) is 0. The summed E-state index contributed by atoms with van der Waals surface area (Å²) in [7, 11) is 0. The normalized spacial score (nSPS) is 10.1. The molecule has 0 fully saturated rings. The Morgan fingerprint density at radius 2 is 2.00 bits per heavy atom. The molecule has 15 heavy (non-hydrogen) atoms. The van der Waals surface area contributed by atoms with E-state index in [1.807, 2.05) is 13.8 Å². The molecule has 1 amide bonds. The molecular weight excluding hydrogens is 198 g/mol. The number of amides is 1. The lowest BCUT2D eigenvalue weighted by Crippen LogP contribution is -2.36. The summed E-state index contributed by atoms with van der Waals surface area (Å²) >= 11 is 0. The van der Waals surface area contributed by atoms with Crippen molar-refractivity contribution in [2.24, 2.45) is 5.92 Å². The first-order chi connectivity index (χ1) is 6.97. The van der Waals surface area contributed by atoms with Crippen LogP contribution in [0.1, 0.15) is 27.2 Å². The van der Waals surface area contributed by atoms with E-state index in [2.05, 4.69) is 0 Å². The van der Waals surface area contributed by atoms with E-state index in [1.54, 1.807) is 6.92 Å². The van der Waals surface area contributed by atoms with Gasteiger partial charge in [0.2, 0.25) is 0 Å². The summed E-state index contributed by atoms with van der Waals surface area (Å²) in [6, 6.07) is 0. The second kappa shape index (κ2) is 7.09. The zero-order chi connectivity index (χ0) is 11.8. The quantitative estimate of drug-likeness (QED) is 0.733. The van der Waals surface area contributed by atoms with Crippen LogP contribution in [0.15, 0.2) is 0 Å². The summed E-state index contributed by atoms with van der Waals surface area (Å²) in [5, 5.41) is 8.53. The number of rotatable bonds is 6. The molecule has 0 aliphatic rings. The van der Waals surface area contributed by atoms with E-state index in [1.165, 1.54) is 4.90 Å². The van der Waals surface area contributed by atoms with Gasteiger partial charge in [-0.25, -0.2) is 4.79 Å². The van der Waals surface area contributed by atoms with E-state index in [9.17, 15) is 9.59 Å². The molecule has 0 heterocycles. The van der Waals surface area contributed by atoms with Crippen LogP contribution in [0.3, 0.4) is 0 Å². The number of carboxylic acids is 1. The van der Waals surface area contributed by atoms with E-state index in [0.717, 1.165) is 0 Å². The van der Waals surface area contributed by atoms with Crippen molar-refractivity contribution in [1.29, 1.82) is 0 Å². The van der Waals surface area contributed by atoms with Crippen LogP contribution >= 0.6 is 0 Å². The molecule has 0 bridgehead atoms. The van der Waals surface area contributed by atoms with Gasteiger partial charge in [0.1, 0.15) is 0 Å². The van der Waals surface area contributed by atoms with Crippen LogP contribution in [-0.4, -0.2) is 41.8 Å². The zero-order valence-corrected chi connectivity index (χ0v) is 9.52. The summed E-state index contributed by atoms with van der Waals surface area (Å²) in [5.74, 6) is -0.615. The van der Waals surface area contributed by atoms with Gasteiger partial charge in [-0.1, -0.05) is 13.8 Å². The number of hydrogen-bond donors (Lipinski definition) is 1. The van der Waals surface area contributed by atoms with Crippen LogP contribution < -0.4 is 0 Å². The number of carboxylic acid groups (broad SMARTS) is 1. The van der Waals surface area contributed by atoms with Crippen LogP contribution in [0.4, 0.5) is 4.79 Å². The summed E-state index contributed by atoms with van der Waals surface area (Å²) < 4.78 is 4.83. The van der Waals surface area contributed by atoms with E-state index < -0.39 is 12.1 Å². The molecule has 1 N–H and O–H groups in total. The Balaban J connectivity index is 4.16. The number of aliphatic carboxylic acids is 1. The molecule has 0 rings (SSSR count). The SMILES string of the molecule is CCOC(=O)N(CCC(=O)O)CC(C)C. The van der Waals surface area contributed by atoms with E-state index in [-0.39, 0.29) is 13.0 Å². The molecule has 0 aliphatic carbocycles. The smallest absolute Gasteiger partial charge is 0.409 e. The van der Waals surface area contributed by atoms with Gasteiger partial charge in [0.25, 0.3) is 0 Å². The minimum Gasteiger partial charge on any atom is -0.481 e. The predicted molar refractivity (Wildman–Crippen MR) is 55.7 cm³/mol. The maximum Gasteiger partial charge on any atom is 0.409 e. The Kier molecular flexibility index (Phi) is 6.49. The first kappa shape index (κ1) is 13.7. The summed E-state index contributed by atoms with van der Waals surface area (Å²) in [6.45, 7) is 6.68. The molecular formula is C10H19NO4. The average molecular weight is 217 g/mol. The third-order valence-electron chi connectivity index (χ3n) is 1.71. The summed E-state index contributed by atoms with van der Waals surface area (Å²) in [6.07, 6.45) is -0.488. The molecule has 0 unspecified atom stereocenters. The Morgan fingerprint density at radius 3 is 2.40 bits per heavy atom. The maximum absolute atomic E-state index is 11.4. The van der Waals surface area contributed by atoms with Crippen LogP contribution in [-0.2, 0) is 9.53 Å². The molecule has 0 saturated heterocycles. The van der Waals surface area contributed by atoms with E-state index >= 15 is 0 Å². The Labute approximate surface area is 90.0 Å². The van der Waals surface area contributed by atoms with Crippen molar-refractivity contribution in [3.05, 3.63) is 0 Å². The minimum absolute atomic E-state index is 0.0501. The van der Waals surface area contributed by atoms with Crippen LogP contribution in [0, 0.1) is 5.92 Å². The Morgan fingerprint density at radius 1 is 1.40 bits per heavy atom. The predicted octanol–water partition coefficient (Wildman–Crippen LogP) is 1.58. The zero-order valence-electron chi connectivity index (χ0n) is 9.52. The van der Waals surface area contributed by atoms with Crippen LogP contribution in [0.2, 0.25) is 0 Å². The monoisotopic (exact) mass is 217 g/mol. The van der Waals surface area contributed by atoms with E-state index in [4.69, 9.17) is 9.84 Å². The van der Waals surface area contributed by atoms with Crippen molar-refractivity contribution in [1.82, 2.24) is 4.90 Å².